The number of carboxylic acid groups (broad SMARTS) is 1. The molecule has 9 rings (SSSR count). The van der Waals surface area contributed by atoms with Crippen LogP contribution < -0.4 is 0 Å². The highest BCUT2D eigenvalue weighted by Gasteiger charge is 2.72. The minimum absolute atomic E-state index is 0.0468. The molecule has 4 saturated carbocycles. The number of ether oxygens (including phenoxy) is 9. The number of hydrogen-bond acceptors (Lipinski definition) is 24. The second-order valence-electron chi connectivity index (χ2n) is 27.9. The van der Waals surface area contributed by atoms with Crippen LogP contribution in [0.4, 0.5) is 0 Å². The Morgan fingerprint density at radius 3 is 1.80 bits per heavy atom. The van der Waals surface area contributed by atoms with E-state index in [0.29, 0.717) is 56.9 Å². The fourth-order valence-electron chi connectivity index (χ4n) is 17.3. The Balaban J connectivity index is 1.04. The molecule has 4 aliphatic heterocycles. The number of hydrogen-bond donors (Lipinski definition) is 14. The number of allylic oxidation sites excluding steroid dienone is 3. The molecule has 25 nitrogen and oxygen atoms in total. The summed E-state index contributed by atoms with van der Waals surface area (Å²) in [6, 6.07) is 0. The molecule has 0 amide bonds. The van der Waals surface area contributed by atoms with Gasteiger partial charge in [-0.15, -0.1) is 0 Å². The number of esters is 1. The quantitative estimate of drug-likeness (QED) is 0.0430. The van der Waals surface area contributed by atoms with Gasteiger partial charge in [-0.05, 0) is 117 Å². The normalized spacial score (nSPS) is 51.9. The number of aliphatic hydroxyl groups is 13. The van der Waals surface area contributed by atoms with Crippen LogP contribution in [-0.4, -0.2) is 244 Å². The van der Waals surface area contributed by atoms with Gasteiger partial charge in [-0.25, -0.2) is 9.59 Å². The molecule has 0 aromatic rings. The highest BCUT2D eigenvalue weighted by Crippen LogP contribution is 2.76. The van der Waals surface area contributed by atoms with Crippen molar-refractivity contribution in [2.45, 2.75) is 262 Å². The molecule has 0 aromatic carbocycles. The number of aliphatic carboxylic acids is 1. The molecule has 5 aliphatic carbocycles. The largest absolute Gasteiger partial charge is 0.479 e. The summed E-state index contributed by atoms with van der Waals surface area (Å²) in [5.41, 5.74) is -1.94. The Hall–Kier alpha value is -2.42. The van der Waals surface area contributed by atoms with Gasteiger partial charge in [0.05, 0.1) is 43.5 Å². The summed E-state index contributed by atoms with van der Waals surface area (Å²) in [7, 11) is 0. The molecule has 480 valence electrons. The van der Waals surface area contributed by atoms with Gasteiger partial charge in [0.2, 0.25) is 0 Å². The van der Waals surface area contributed by atoms with Crippen LogP contribution >= 0.6 is 0 Å². The molecular formula is C59H94O25. The first-order valence-electron chi connectivity index (χ1n) is 29.9. The zero-order valence-corrected chi connectivity index (χ0v) is 49.7. The predicted octanol–water partition coefficient (Wildman–Crippen LogP) is -0.983. The summed E-state index contributed by atoms with van der Waals surface area (Å²) in [6.07, 6.45) is -31.8. The van der Waals surface area contributed by atoms with Crippen molar-refractivity contribution in [3.8, 4) is 0 Å². The smallest absolute Gasteiger partial charge is 0.335 e. The molecular weight excluding hydrogens is 1110 g/mol. The van der Waals surface area contributed by atoms with Crippen molar-refractivity contribution in [3.05, 3.63) is 23.3 Å². The Morgan fingerprint density at radius 1 is 0.619 bits per heavy atom. The van der Waals surface area contributed by atoms with Crippen molar-refractivity contribution in [2.75, 3.05) is 19.8 Å². The molecule has 14 N–H and O–H groups in total. The first-order chi connectivity index (χ1) is 39.2. The first kappa shape index (κ1) is 66.0. The lowest BCUT2D eigenvalue weighted by atomic mass is 9.33. The van der Waals surface area contributed by atoms with Crippen LogP contribution in [0.3, 0.4) is 0 Å². The highest BCUT2D eigenvalue weighted by atomic mass is 16.8. The van der Waals surface area contributed by atoms with Crippen LogP contribution in [0.15, 0.2) is 23.3 Å². The van der Waals surface area contributed by atoms with E-state index in [4.69, 9.17) is 42.6 Å². The Morgan fingerprint density at radius 2 is 1.19 bits per heavy atom. The molecule has 84 heavy (non-hydrogen) atoms. The molecule has 0 bridgehead atoms. The Labute approximate surface area is 489 Å². The summed E-state index contributed by atoms with van der Waals surface area (Å²) in [5, 5.41) is 155. The second-order valence-corrected chi connectivity index (χ2v) is 27.9. The van der Waals surface area contributed by atoms with E-state index < -0.39 is 188 Å². The summed E-state index contributed by atoms with van der Waals surface area (Å²) in [4.78, 5) is 26.7. The number of rotatable bonds is 14. The van der Waals surface area contributed by atoms with Crippen LogP contribution in [0.1, 0.15) is 121 Å². The van der Waals surface area contributed by atoms with Crippen LogP contribution in [-0.2, 0) is 52.2 Å². The van der Waals surface area contributed by atoms with Gasteiger partial charge in [-0.3, -0.25) is 0 Å². The standard InChI is InChI=1S/C59H94O25/c1-11-24(2)49(75)79-34-20-54(4,5)18-27-26-12-13-31-56(8)16-15-33(55(6,7)30(56)14-17-57(31,9)58(26,10)19-32(63)59(27,34)23-62)80-53-47(84-51-42(71)39(68)36(65)28(21-60)77-51)44(43(72)45(82-53)48(73)74)81-52-46(40(69)37(66)29(22-61)78-52)83-50-41(70)38(67)35(64)25(3)76-50/h11-12,25,27-47,50-53,60-72H,13-23H2,1-10H3,(H,73,74)/b24-11-/t25-,27-,28-,29-,30+,31-,32+,33-,34+,35-,36-,37-,38+,39+,40+,41-,42-,43+,44+,45+,46-,47-,50+,51+,52+,53-,56+,57-,58-,59-/m0/s1. The van der Waals surface area contributed by atoms with Crippen LogP contribution in [0, 0.1) is 50.2 Å². The van der Waals surface area contributed by atoms with E-state index in [9.17, 15) is 81.1 Å². The zero-order valence-electron chi connectivity index (χ0n) is 49.7. The van der Waals surface area contributed by atoms with Gasteiger partial charge < -0.3 is 114 Å². The van der Waals surface area contributed by atoms with Crippen molar-refractivity contribution < 1.29 is 124 Å². The molecule has 25 heteroatoms. The number of fused-ring (bicyclic) bond motifs is 7. The molecule has 0 unspecified atom stereocenters. The molecule has 30 atom stereocenters. The maximum absolute atomic E-state index is 13.4. The fraction of sp³-hybridized carbons (Fsp3) is 0.898. The third kappa shape index (κ3) is 10.8. The number of aliphatic hydroxyl groups excluding tert-OH is 13. The van der Waals surface area contributed by atoms with E-state index in [1.54, 1.807) is 19.9 Å². The van der Waals surface area contributed by atoms with Crippen molar-refractivity contribution in [1.82, 2.24) is 0 Å². The van der Waals surface area contributed by atoms with Gasteiger partial charge in [-0.1, -0.05) is 66.2 Å². The van der Waals surface area contributed by atoms with Crippen molar-refractivity contribution in [3.63, 3.8) is 0 Å². The summed E-state index contributed by atoms with van der Waals surface area (Å²) in [6.45, 7) is 17.8. The lowest BCUT2D eigenvalue weighted by Crippen LogP contribution is -2.70. The lowest BCUT2D eigenvalue weighted by molar-refractivity contribution is -0.406. The van der Waals surface area contributed by atoms with Gasteiger partial charge in [-0.2, -0.15) is 0 Å². The number of carbonyl (C=O) groups excluding carboxylic acids is 1. The first-order valence-corrected chi connectivity index (χ1v) is 29.9. The monoisotopic (exact) mass is 1200 g/mol. The maximum atomic E-state index is 13.4. The van der Waals surface area contributed by atoms with Crippen molar-refractivity contribution in [1.29, 1.82) is 0 Å². The molecule has 0 aromatic heterocycles. The van der Waals surface area contributed by atoms with E-state index >= 15 is 0 Å². The third-order valence-corrected chi connectivity index (χ3v) is 22.5. The number of carbonyl (C=O) groups is 2. The average Bonchev–Trinajstić information content (AvgIpc) is 0.685. The fourth-order valence-corrected chi connectivity index (χ4v) is 17.3. The molecule has 0 spiro atoms. The van der Waals surface area contributed by atoms with Gasteiger partial charge in [0, 0.05) is 5.57 Å². The highest BCUT2D eigenvalue weighted by molar-refractivity contribution is 5.87. The third-order valence-electron chi connectivity index (χ3n) is 22.5. The lowest BCUT2D eigenvalue weighted by Gasteiger charge is -2.72. The molecule has 4 saturated heterocycles. The van der Waals surface area contributed by atoms with Crippen LogP contribution in [0.2, 0.25) is 0 Å². The zero-order chi connectivity index (χ0) is 61.9. The van der Waals surface area contributed by atoms with Gasteiger partial charge in [0.25, 0.3) is 0 Å². The SMILES string of the molecule is C/C=C(/C)C(=O)O[C@@H]1CC(C)(C)C[C@H]2C3=CC[C@H]4[C@]5(C)CC[C@H](O[C@H]6O[C@@H](C(=O)O)[C@H](O)[C@@H](O[C@H]7O[C@@H](CO)[C@H](O)[C@@H](O)[C@@H]7O[C@H]7O[C@@H](C)[C@H](O)[C@@H](O)[C@@H]7O)[C@@H]6O[C@H]6O[C@@H](CO)[C@H](O)[C@@H](O)[C@@H]6O)C(C)(C)[C@H]5CC[C@]4(C)[C@@]3(C)C[C@@H](O)[C@@]12CO. The number of carboxylic acids is 1. The predicted molar refractivity (Wildman–Crippen MR) is 288 cm³/mol. The molecule has 4 heterocycles. The van der Waals surface area contributed by atoms with E-state index in [0.717, 1.165) is 0 Å². The summed E-state index contributed by atoms with van der Waals surface area (Å²) in [5.74, 6) is -2.53. The van der Waals surface area contributed by atoms with E-state index in [1.807, 2.05) is 13.8 Å². The summed E-state index contributed by atoms with van der Waals surface area (Å²) >= 11 is 0. The minimum Gasteiger partial charge on any atom is -0.479 e. The summed E-state index contributed by atoms with van der Waals surface area (Å²) < 4.78 is 55.4. The van der Waals surface area contributed by atoms with Crippen molar-refractivity contribution in [2.24, 2.45) is 50.2 Å². The Kier molecular flexibility index (Phi) is 18.9. The Bertz CT molecular complexity index is 2420. The van der Waals surface area contributed by atoms with Crippen molar-refractivity contribution >= 4 is 11.9 Å². The van der Waals surface area contributed by atoms with Crippen LogP contribution in [0.5, 0.6) is 0 Å². The van der Waals surface area contributed by atoms with E-state index in [2.05, 4.69) is 40.7 Å². The molecule has 0 radical (unpaired) electrons. The van der Waals surface area contributed by atoms with Gasteiger partial charge in [0.1, 0.15) is 91.6 Å². The van der Waals surface area contributed by atoms with Gasteiger partial charge >= 0.3 is 11.9 Å². The van der Waals surface area contributed by atoms with Gasteiger partial charge in [0.15, 0.2) is 31.3 Å². The second kappa shape index (κ2) is 24.1. The molecule has 8 fully saturated rings. The van der Waals surface area contributed by atoms with Crippen LogP contribution in [0.25, 0.3) is 0 Å². The maximum Gasteiger partial charge on any atom is 0.335 e. The average molecular weight is 1200 g/mol. The van der Waals surface area contributed by atoms with E-state index in [-0.39, 0.29) is 35.2 Å². The minimum atomic E-state index is -2.26. The topological polar surface area (TPSA) is 400 Å². The van der Waals surface area contributed by atoms with E-state index in [1.165, 1.54) is 12.5 Å². The molecule has 9 aliphatic rings.